The third-order valence-corrected chi connectivity index (χ3v) is 4.58. The summed E-state index contributed by atoms with van der Waals surface area (Å²) >= 11 is 0. The zero-order valence-corrected chi connectivity index (χ0v) is 14.7. The molecule has 1 aliphatic rings. The lowest BCUT2D eigenvalue weighted by atomic mass is 10.1. The van der Waals surface area contributed by atoms with Crippen molar-refractivity contribution >= 4 is 17.5 Å². The number of hydrogen-bond acceptors (Lipinski definition) is 2. The highest BCUT2D eigenvalue weighted by Crippen LogP contribution is 2.14. The fourth-order valence-corrected chi connectivity index (χ4v) is 3.13. The molecule has 2 amide bonds. The number of likely N-dealkylation sites (tertiary alicyclic amines) is 1. The van der Waals surface area contributed by atoms with Gasteiger partial charge in [-0.15, -0.1) is 0 Å². The first-order valence-electron chi connectivity index (χ1n) is 9.01. The van der Waals surface area contributed by atoms with Crippen LogP contribution in [0.15, 0.2) is 48.5 Å². The van der Waals surface area contributed by atoms with Gasteiger partial charge in [0.1, 0.15) is 5.82 Å². The number of benzene rings is 2. The van der Waals surface area contributed by atoms with Gasteiger partial charge in [-0.2, -0.15) is 0 Å². The van der Waals surface area contributed by atoms with Gasteiger partial charge in [-0.1, -0.05) is 24.3 Å². The minimum absolute atomic E-state index is 0.159. The summed E-state index contributed by atoms with van der Waals surface area (Å²) in [5.41, 5.74) is 2.39. The maximum atomic E-state index is 12.9. The Hall–Kier alpha value is -2.69. The Morgan fingerprint density at radius 2 is 1.42 bits per heavy atom. The number of rotatable bonds is 5. The Labute approximate surface area is 153 Å². The van der Waals surface area contributed by atoms with Crippen LogP contribution in [0.4, 0.5) is 10.1 Å². The van der Waals surface area contributed by atoms with Gasteiger partial charge >= 0.3 is 0 Å². The predicted octanol–water partition coefficient (Wildman–Crippen LogP) is 3.56. The Balaban J connectivity index is 1.51. The minimum Gasteiger partial charge on any atom is -0.342 e. The quantitative estimate of drug-likeness (QED) is 0.892. The topological polar surface area (TPSA) is 49.4 Å². The lowest BCUT2D eigenvalue weighted by Gasteiger charge is -2.26. The van der Waals surface area contributed by atoms with Crippen molar-refractivity contribution in [3.63, 3.8) is 0 Å². The number of amides is 2. The van der Waals surface area contributed by atoms with Crippen molar-refractivity contribution in [1.82, 2.24) is 4.90 Å². The van der Waals surface area contributed by atoms with E-state index in [9.17, 15) is 14.0 Å². The normalized spacial score (nSPS) is 14.1. The van der Waals surface area contributed by atoms with E-state index in [1.807, 2.05) is 17.0 Å². The monoisotopic (exact) mass is 354 g/mol. The van der Waals surface area contributed by atoms with Crippen molar-refractivity contribution in [2.45, 2.75) is 32.1 Å². The van der Waals surface area contributed by atoms with Crippen molar-refractivity contribution < 1.29 is 14.0 Å². The van der Waals surface area contributed by atoms with E-state index in [0.29, 0.717) is 12.1 Å². The third-order valence-electron chi connectivity index (χ3n) is 4.58. The van der Waals surface area contributed by atoms with Crippen molar-refractivity contribution in [2.24, 2.45) is 0 Å². The maximum absolute atomic E-state index is 12.9. The first kappa shape index (κ1) is 18.1. The molecule has 2 aromatic carbocycles. The van der Waals surface area contributed by atoms with Crippen molar-refractivity contribution in [3.05, 3.63) is 65.5 Å². The summed E-state index contributed by atoms with van der Waals surface area (Å²) in [6.07, 6.45) is 3.96. The molecule has 0 atom stereocenters. The number of nitrogens with zero attached hydrogens (tertiary/aromatic N) is 1. The average Bonchev–Trinajstić information content (AvgIpc) is 2.66. The molecule has 0 unspecified atom stereocenters. The Bertz CT molecular complexity index is 751. The van der Waals surface area contributed by atoms with E-state index in [2.05, 4.69) is 5.32 Å². The molecule has 3 rings (SSSR count). The summed E-state index contributed by atoms with van der Waals surface area (Å²) < 4.78 is 12.9. The second kappa shape index (κ2) is 8.61. The molecule has 1 saturated heterocycles. The zero-order chi connectivity index (χ0) is 18.4. The van der Waals surface area contributed by atoms with Crippen LogP contribution < -0.4 is 5.32 Å². The molecule has 0 spiro atoms. The molecule has 2 aromatic rings. The highest BCUT2D eigenvalue weighted by Gasteiger charge is 2.16. The van der Waals surface area contributed by atoms with Crippen molar-refractivity contribution in [3.8, 4) is 0 Å². The molecule has 0 radical (unpaired) electrons. The van der Waals surface area contributed by atoms with Gasteiger partial charge in [0.15, 0.2) is 0 Å². The molecular formula is C21H23FN2O2. The number of carbonyl (C=O) groups is 2. The second-order valence-electron chi connectivity index (χ2n) is 6.67. The van der Waals surface area contributed by atoms with Crippen molar-refractivity contribution in [2.75, 3.05) is 18.4 Å². The molecule has 1 N–H and O–H groups in total. The summed E-state index contributed by atoms with van der Waals surface area (Å²) in [5.74, 6) is -0.310. The van der Waals surface area contributed by atoms with Crippen LogP contribution in [-0.4, -0.2) is 29.8 Å². The lowest BCUT2D eigenvalue weighted by molar-refractivity contribution is -0.131. The molecule has 4 nitrogen and oxygen atoms in total. The number of halogens is 1. The van der Waals surface area contributed by atoms with E-state index in [0.717, 1.165) is 37.1 Å². The zero-order valence-electron chi connectivity index (χ0n) is 14.7. The molecule has 26 heavy (non-hydrogen) atoms. The van der Waals surface area contributed by atoms with Gasteiger partial charge in [-0.3, -0.25) is 9.59 Å². The summed E-state index contributed by atoms with van der Waals surface area (Å²) in [6.45, 7) is 1.71. The molecular weight excluding hydrogens is 331 g/mol. The van der Waals surface area contributed by atoms with Crippen molar-refractivity contribution in [1.29, 1.82) is 0 Å². The van der Waals surface area contributed by atoms with Crippen LogP contribution in [0.3, 0.4) is 0 Å². The van der Waals surface area contributed by atoms with Crippen LogP contribution in [-0.2, 0) is 22.4 Å². The lowest BCUT2D eigenvalue weighted by Crippen LogP contribution is -2.36. The number of hydrogen-bond donors (Lipinski definition) is 1. The molecule has 0 saturated carbocycles. The maximum Gasteiger partial charge on any atom is 0.228 e. The van der Waals surface area contributed by atoms with Crippen LogP contribution in [0.25, 0.3) is 0 Å². The number of nitrogens with one attached hydrogen (secondary N) is 1. The summed E-state index contributed by atoms with van der Waals surface area (Å²) in [4.78, 5) is 26.3. The Morgan fingerprint density at radius 3 is 2.08 bits per heavy atom. The fourth-order valence-electron chi connectivity index (χ4n) is 3.13. The van der Waals surface area contributed by atoms with E-state index >= 15 is 0 Å². The molecule has 1 heterocycles. The van der Waals surface area contributed by atoms with E-state index in [1.54, 1.807) is 24.3 Å². The Morgan fingerprint density at radius 1 is 0.846 bits per heavy atom. The third kappa shape index (κ3) is 5.15. The van der Waals surface area contributed by atoms with E-state index in [-0.39, 0.29) is 24.1 Å². The molecule has 5 heteroatoms. The van der Waals surface area contributed by atoms with Crippen LogP contribution in [0.1, 0.15) is 30.4 Å². The summed E-state index contributed by atoms with van der Waals surface area (Å²) in [7, 11) is 0. The summed E-state index contributed by atoms with van der Waals surface area (Å²) in [6, 6.07) is 13.2. The van der Waals surface area contributed by atoms with Gasteiger partial charge < -0.3 is 10.2 Å². The summed E-state index contributed by atoms with van der Waals surface area (Å²) in [5, 5.41) is 2.82. The minimum atomic E-state index is -0.316. The highest BCUT2D eigenvalue weighted by atomic mass is 19.1. The predicted molar refractivity (Wildman–Crippen MR) is 99.3 cm³/mol. The van der Waals surface area contributed by atoms with Gasteiger partial charge in [0.2, 0.25) is 11.8 Å². The molecule has 136 valence electrons. The Kier molecular flexibility index (Phi) is 6.00. The van der Waals surface area contributed by atoms with Gasteiger partial charge in [-0.25, -0.2) is 4.39 Å². The van der Waals surface area contributed by atoms with Crippen LogP contribution in [0.5, 0.6) is 0 Å². The largest absolute Gasteiger partial charge is 0.342 e. The molecule has 0 bridgehead atoms. The van der Waals surface area contributed by atoms with Crippen LogP contribution >= 0.6 is 0 Å². The average molecular weight is 354 g/mol. The van der Waals surface area contributed by atoms with Crippen LogP contribution in [0.2, 0.25) is 0 Å². The van der Waals surface area contributed by atoms with Gasteiger partial charge in [0.05, 0.1) is 12.8 Å². The first-order valence-corrected chi connectivity index (χ1v) is 9.01. The molecule has 1 aliphatic heterocycles. The SMILES string of the molecule is O=C(Cc1ccc(F)cc1)Nc1ccc(CC(=O)N2CCCCC2)cc1. The molecule has 0 aliphatic carbocycles. The van der Waals surface area contributed by atoms with E-state index in [4.69, 9.17) is 0 Å². The number of piperidine rings is 1. The standard InChI is InChI=1S/C21H23FN2O2/c22-18-8-4-16(5-9-18)14-20(25)23-19-10-6-17(7-11-19)15-21(26)24-12-2-1-3-13-24/h4-11H,1-3,12-15H2,(H,23,25). The smallest absolute Gasteiger partial charge is 0.228 e. The first-order chi connectivity index (χ1) is 12.6. The fraction of sp³-hybridized carbons (Fsp3) is 0.333. The molecule has 1 fully saturated rings. The van der Waals surface area contributed by atoms with E-state index in [1.165, 1.54) is 18.6 Å². The van der Waals surface area contributed by atoms with Gasteiger partial charge in [0, 0.05) is 18.8 Å². The van der Waals surface area contributed by atoms with Gasteiger partial charge in [0.25, 0.3) is 0 Å². The molecule has 0 aromatic heterocycles. The number of carbonyl (C=O) groups excluding carboxylic acids is 2. The number of anilines is 1. The van der Waals surface area contributed by atoms with Crippen LogP contribution in [0, 0.1) is 5.82 Å². The second-order valence-corrected chi connectivity index (χ2v) is 6.67. The highest BCUT2D eigenvalue weighted by molar-refractivity contribution is 5.92. The van der Waals surface area contributed by atoms with Gasteiger partial charge in [-0.05, 0) is 54.7 Å². The van der Waals surface area contributed by atoms with E-state index < -0.39 is 0 Å².